The zero-order valence-electron chi connectivity index (χ0n) is 11.8. The number of nitrogens with one attached hydrogen (secondary N) is 1. The van der Waals surface area contributed by atoms with E-state index in [-0.39, 0.29) is 5.56 Å². The molecule has 0 amide bonds. The van der Waals surface area contributed by atoms with Gasteiger partial charge in [-0.2, -0.15) is 0 Å². The number of anilines is 1. The van der Waals surface area contributed by atoms with E-state index >= 15 is 0 Å². The predicted molar refractivity (Wildman–Crippen MR) is 75.8 cm³/mol. The van der Waals surface area contributed by atoms with E-state index in [0.717, 1.165) is 25.7 Å². The Morgan fingerprint density at radius 1 is 1.45 bits per heavy atom. The number of carbonyl (C=O) groups is 1. The van der Waals surface area contributed by atoms with E-state index in [1.54, 1.807) is 0 Å². The van der Waals surface area contributed by atoms with Crippen LogP contribution in [0.3, 0.4) is 0 Å². The Kier molecular flexibility index (Phi) is 4.57. The molecule has 0 aromatic heterocycles. The predicted octanol–water partition coefficient (Wildman–Crippen LogP) is 1.18. The Bertz CT molecular complexity index is 495. The van der Waals surface area contributed by atoms with Gasteiger partial charge in [0.05, 0.1) is 5.56 Å². The van der Waals surface area contributed by atoms with Crippen LogP contribution >= 0.6 is 0 Å². The van der Waals surface area contributed by atoms with E-state index < -0.39 is 11.8 Å². The lowest BCUT2D eigenvalue weighted by Crippen LogP contribution is -2.52. The topological polar surface area (TPSA) is 55.8 Å². The lowest BCUT2D eigenvalue weighted by molar-refractivity contribution is 0.0697. The van der Waals surface area contributed by atoms with Gasteiger partial charge in [-0.3, -0.25) is 4.90 Å². The molecule has 0 aliphatic carbocycles. The molecule has 1 atom stereocenters. The Hall–Kier alpha value is -1.66. The maximum Gasteiger partial charge on any atom is 0.337 e. The van der Waals surface area contributed by atoms with Crippen molar-refractivity contribution in [2.75, 3.05) is 45.6 Å². The maximum atomic E-state index is 13.1. The smallest absolute Gasteiger partial charge is 0.337 e. The van der Waals surface area contributed by atoms with E-state index in [0.29, 0.717) is 18.3 Å². The standard InChI is InChI=1S/C14H20FN3O2/c1-17-5-6-18(2)11(9-17)8-16-13-4-3-10(15)7-12(13)14(19)20/h3-4,7,11,16H,5-6,8-9H2,1-2H3,(H,19,20). The van der Waals surface area contributed by atoms with Gasteiger partial charge in [0.2, 0.25) is 0 Å². The Labute approximate surface area is 118 Å². The second kappa shape index (κ2) is 6.19. The highest BCUT2D eigenvalue weighted by Gasteiger charge is 2.22. The summed E-state index contributed by atoms with van der Waals surface area (Å²) in [4.78, 5) is 15.6. The number of halogens is 1. The molecule has 20 heavy (non-hydrogen) atoms. The van der Waals surface area contributed by atoms with E-state index in [9.17, 15) is 9.18 Å². The Balaban J connectivity index is 2.05. The molecule has 1 aliphatic heterocycles. The van der Waals surface area contributed by atoms with Gasteiger partial charge in [-0.25, -0.2) is 9.18 Å². The summed E-state index contributed by atoms with van der Waals surface area (Å²) in [6, 6.07) is 4.10. The normalized spacial score (nSPS) is 20.9. The third-order valence-electron chi connectivity index (χ3n) is 3.72. The van der Waals surface area contributed by atoms with Crippen molar-refractivity contribution in [2.45, 2.75) is 6.04 Å². The monoisotopic (exact) mass is 281 g/mol. The number of hydrogen-bond donors (Lipinski definition) is 2. The average Bonchev–Trinajstić information content (AvgIpc) is 2.40. The molecule has 1 aromatic rings. The number of carboxylic acids is 1. The van der Waals surface area contributed by atoms with Gasteiger partial charge >= 0.3 is 5.97 Å². The molecule has 1 heterocycles. The number of aromatic carboxylic acids is 1. The molecule has 1 fully saturated rings. The summed E-state index contributed by atoms with van der Waals surface area (Å²) in [5, 5.41) is 12.2. The summed E-state index contributed by atoms with van der Waals surface area (Å²) >= 11 is 0. The first-order valence-corrected chi connectivity index (χ1v) is 6.63. The van der Waals surface area contributed by atoms with E-state index in [1.807, 2.05) is 0 Å². The fourth-order valence-corrected chi connectivity index (χ4v) is 2.40. The zero-order valence-corrected chi connectivity index (χ0v) is 11.8. The first-order chi connectivity index (χ1) is 9.47. The quantitative estimate of drug-likeness (QED) is 0.868. The number of carboxylic acid groups (broad SMARTS) is 1. The molecule has 1 aromatic carbocycles. The summed E-state index contributed by atoms with van der Waals surface area (Å²) in [6.45, 7) is 3.57. The number of nitrogens with zero attached hydrogens (tertiary/aromatic N) is 2. The summed E-state index contributed by atoms with van der Waals surface area (Å²) in [7, 11) is 4.13. The van der Waals surface area contributed by atoms with Crippen molar-refractivity contribution in [3.63, 3.8) is 0 Å². The van der Waals surface area contributed by atoms with Crippen molar-refractivity contribution in [1.82, 2.24) is 9.80 Å². The van der Waals surface area contributed by atoms with Crippen molar-refractivity contribution in [1.29, 1.82) is 0 Å². The number of benzene rings is 1. The minimum absolute atomic E-state index is 0.0307. The van der Waals surface area contributed by atoms with E-state index in [4.69, 9.17) is 5.11 Å². The molecule has 1 unspecified atom stereocenters. The molecule has 0 radical (unpaired) electrons. The van der Waals surface area contributed by atoms with Crippen molar-refractivity contribution in [3.8, 4) is 0 Å². The van der Waals surface area contributed by atoms with Gasteiger partial charge in [0.25, 0.3) is 0 Å². The van der Waals surface area contributed by atoms with Gasteiger partial charge < -0.3 is 15.3 Å². The highest BCUT2D eigenvalue weighted by molar-refractivity contribution is 5.94. The highest BCUT2D eigenvalue weighted by Crippen LogP contribution is 2.18. The Morgan fingerprint density at radius 2 is 2.20 bits per heavy atom. The molecule has 110 valence electrons. The fourth-order valence-electron chi connectivity index (χ4n) is 2.40. The molecule has 0 bridgehead atoms. The van der Waals surface area contributed by atoms with Crippen molar-refractivity contribution in [3.05, 3.63) is 29.6 Å². The van der Waals surface area contributed by atoms with Crippen LogP contribution in [0.2, 0.25) is 0 Å². The number of hydrogen-bond acceptors (Lipinski definition) is 4. The molecular weight excluding hydrogens is 261 g/mol. The first kappa shape index (κ1) is 14.7. The summed E-state index contributed by atoms with van der Waals surface area (Å²) in [5.74, 6) is -1.66. The van der Waals surface area contributed by atoms with Crippen molar-refractivity contribution >= 4 is 11.7 Å². The second-order valence-corrected chi connectivity index (χ2v) is 5.27. The van der Waals surface area contributed by atoms with Gasteiger partial charge in [-0.05, 0) is 32.3 Å². The number of rotatable bonds is 4. The summed E-state index contributed by atoms with van der Waals surface area (Å²) in [5.41, 5.74) is 0.428. The summed E-state index contributed by atoms with van der Waals surface area (Å²) in [6.07, 6.45) is 0. The third kappa shape index (κ3) is 3.46. The zero-order chi connectivity index (χ0) is 14.7. The van der Waals surface area contributed by atoms with Crippen LogP contribution in [-0.4, -0.2) is 67.2 Å². The Morgan fingerprint density at radius 3 is 2.90 bits per heavy atom. The maximum absolute atomic E-state index is 13.1. The molecule has 1 aliphatic rings. The minimum Gasteiger partial charge on any atom is -0.478 e. The van der Waals surface area contributed by atoms with Crippen LogP contribution in [0, 0.1) is 5.82 Å². The van der Waals surface area contributed by atoms with Gasteiger partial charge in [0.15, 0.2) is 0 Å². The van der Waals surface area contributed by atoms with Crippen LogP contribution in [0.1, 0.15) is 10.4 Å². The number of likely N-dealkylation sites (N-methyl/N-ethyl adjacent to an activating group) is 2. The van der Waals surface area contributed by atoms with Crippen LogP contribution in [0.15, 0.2) is 18.2 Å². The lowest BCUT2D eigenvalue weighted by atomic mass is 10.1. The van der Waals surface area contributed by atoms with E-state index in [2.05, 4.69) is 29.2 Å². The minimum atomic E-state index is -1.12. The summed E-state index contributed by atoms with van der Waals surface area (Å²) < 4.78 is 13.1. The molecule has 2 rings (SSSR count). The molecule has 2 N–H and O–H groups in total. The molecule has 5 nitrogen and oxygen atoms in total. The van der Waals surface area contributed by atoms with Gasteiger partial charge in [0.1, 0.15) is 5.82 Å². The lowest BCUT2D eigenvalue weighted by Gasteiger charge is -2.38. The van der Waals surface area contributed by atoms with Crippen LogP contribution in [0.5, 0.6) is 0 Å². The molecule has 0 saturated carbocycles. The van der Waals surface area contributed by atoms with Crippen molar-refractivity contribution < 1.29 is 14.3 Å². The molecule has 6 heteroatoms. The molecule has 1 saturated heterocycles. The fraction of sp³-hybridized carbons (Fsp3) is 0.500. The van der Waals surface area contributed by atoms with Gasteiger partial charge in [0, 0.05) is 37.9 Å². The molecule has 0 spiro atoms. The number of piperazine rings is 1. The molecular formula is C14H20FN3O2. The van der Waals surface area contributed by atoms with Crippen LogP contribution in [0.4, 0.5) is 10.1 Å². The third-order valence-corrected chi connectivity index (χ3v) is 3.72. The first-order valence-electron chi connectivity index (χ1n) is 6.63. The SMILES string of the molecule is CN1CCN(C)C(CNc2ccc(F)cc2C(=O)O)C1. The van der Waals surface area contributed by atoms with Crippen LogP contribution in [0.25, 0.3) is 0 Å². The van der Waals surface area contributed by atoms with Crippen molar-refractivity contribution in [2.24, 2.45) is 0 Å². The van der Waals surface area contributed by atoms with Crippen LogP contribution in [-0.2, 0) is 0 Å². The average molecular weight is 281 g/mol. The van der Waals surface area contributed by atoms with E-state index in [1.165, 1.54) is 12.1 Å². The van der Waals surface area contributed by atoms with Gasteiger partial charge in [-0.1, -0.05) is 0 Å². The van der Waals surface area contributed by atoms with Crippen LogP contribution < -0.4 is 5.32 Å². The largest absolute Gasteiger partial charge is 0.478 e. The van der Waals surface area contributed by atoms with Gasteiger partial charge in [-0.15, -0.1) is 0 Å². The second-order valence-electron chi connectivity index (χ2n) is 5.27. The highest BCUT2D eigenvalue weighted by atomic mass is 19.1.